The van der Waals surface area contributed by atoms with Crippen molar-refractivity contribution in [2.24, 2.45) is 0 Å². The summed E-state index contributed by atoms with van der Waals surface area (Å²) in [5.74, 6) is -4.80. The minimum absolute atomic E-state index is 0.390. The summed E-state index contributed by atoms with van der Waals surface area (Å²) in [5.41, 5.74) is -1.16. The van der Waals surface area contributed by atoms with E-state index in [4.69, 9.17) is 0 Å². The van der Waals surface area contributed by atoms with Gasteiger partial charge in [-0.15, -0.1) is 0 Å². The Bertz CT molecular complexity index is 529. The quantitative estimate of drug-likeness (QED) is 0.612. The van der Waals surface area contributed by atoms with Crippen molar-refractivity contribution >= 4 is 11.7 Å². The smallest absolute Gasteiger partial charge is 0.341 e. The van der Waals surface area contributed by atoms with Crippen molar-refractivity contribution in [1.82, 2.24) is 4.90 Å². The summed E-state index contributed by atoms with van der Waals surface area (Å²) in [4.78, 5) is 14.7. The van der Waals surface area contributed by atoms with Gasteiger partial charge in [0.05, 0.1) is 7.11 Å². The third-order valence-corrected chi connectivity index (χ3v) is 3.36. The zero-order valence-electron chi connectivity index (χ0n) is 11.3. The third-order valence-electron chi connectivity index (χ3n) is 3.36. The highest BCUT2D eigenvalue weighted by atomic mass is 19.2. The van der Waals surface area contributed by atoms with E-state index in [2.05, 4.69) is 4.74 Å². The van der Waals surface area contributed by atoms with Crippen LogP contribution in [-0.2, 0) is 4.74 Å². The van der Waals surface area contributed by atoms with Crippen LogP contribution < -0.4 is 4.90 Å². The van der Waals surface area contributed by atoms with Crippen LogP contribution in [0.15, 0.2) is 6.07 Å². The fourth-order valence-electron chi connectivity index (χ4n) is 2.16. The molecule has 0 spiro atoms. The van der Waals surface area contributed by atoms with Gasteiger partial charge in [-0.3, -0.25) is 0 Å². The van der Waals surface area contributed by atoms with Crippen LogP contribution in [0.25, 0.3) is 0 Å². The van der Waals surface area contributed by atoms with Crippen molar-refractivity contribution in [3.8, 4) is 0 Å². The lowest BCUT2D eigenvalue weighted by Gasteiger charge is -2.34. The van der Waals surface area contributed by atoms with Crippen LogP contribution in [0.1, 0.15) is 10.4 Å². The second-order valence-corrected chi connectivity index (χ2v) is 4.66. The molecule has 0 saturated carbocycles. The summed E-state index contributed by atoms with van der Waals surface area (Å²) in [5, 5.41) is 0. The Morgan fingerprint density at radius 2 is 1.75 bits per heavy atom. The first kappa shape index (κ1) is 14.6. The molecule has 20 heavy (non-hydrogen) atoms. The molecule has 110 valence electrons. The van der Waals surface area contributed by atoms with Gasteiger partial charge in [-0.25, -0.2) is 18.0 Å². The van der Waals surface area contributed by atoms with Crippen LogP contribution in [-0.4, -0.2) is 51.2 Å². The maximum absolute atomic E-state index is 14.0. The fourth-order valence-corrected chi connectivity index (χ4v) is 2.16. The lowest BCUT2D eigenvalue weighted by atomic mass is 10.1. The molecule has 1 heterocycles. The molecule has 1 saturated heterocycles. The lowest BCUT2D eigenvalue weighted by molar-refractivity contribution is 0.0593. The summed E-state index contributed by atoms with van der Waals surface area (Å²) in [6, 6.07) is 0.678. The number of nitrogens with zero attached hydrogens (tertiary/aromatic N) is 2. The minimum atomic E-state index is -1.38. The number of anilines is 1. The Labute approximate surface area is 114 Å². The molecule has 0 radical (unpaired) electrons. The molecule has 0 amide bonds. The summed E-state index contributed by atoms with van der Waals surface area (Å²) in [6.45, 7) is 2.03. The van der Waals surface area contributed by atoms with E-state index < -0.39 is 34.7 Å². The lowest BCUT2D eigenvalue weighted by Crippen LogP contribution is -2.45. The van der Waals surface area contributed by atoms with Crippen molar-refractivity contribution in [1.29, 1.82) is 0 Å². The molecule has 1 aliphatic heterocycles. The number of carbonyl (C=O) groups excluding carboxylic acids is 1. The second-order valence-electron chi connectivity index (χ2n) is 4.66. The van der Waals surface area contributed by atoms with Gasteiger partial charge >= 0.3 is 5.97 Å². The molecular weight excluding hydrogens is 273 g/mol. The average molecular weight is 288 g/mol. The Hall–Kier alpha value is -1.76. The molecule has 0 unspecified atom stereocenters. The highest BCUT2D eigenvalue weighted by Gasteiger charge is 2.27. The van der Waals surface area contributed by atoms with Gasteiger partial charge in [-0.2, -0.15) is 0 Å². The zero-order valence-corrected chi connectivity index (χ0v) is 11.3. The van der Waals surface area contributed by atoms with Crippen molar-refractivity contribution in [3.05, 3.63) is 29.1 Å². The molecule has 4 nitrogen and oxygen atoms in total. The van der Waals surface area contributed by atoms with E-state index in [1.165, 1.54) is 4.90 Å². The number of hydrogen-bond donors (Lipinski definition) is 0. The monoisotopic (exact) mass is 288 g/mol. The Morgan fingerprint density at radius 1 is 1.15 bits per heavy atom. The van der Waals surface area contributed by atoms with E-state index in [-0.39, 0.29) is 0 Å². The second kappa shape index (κ2) is 5.70. The van der Waals surface area contributed by atoms with Crippen LogP contribution in [0.3, 0.4) is 0 Å². The number of hydrogen-bond acceptors (Lipinski definition) is 4. The highest BCUT2D eigenvalue weighted by molar-refractivity contribution is 5.90. The first-order chi connectivity index (χ1) is 9.45. The van der Waals surface area contributed by atoms with Gasteiger partial charge in [0.1, 0.15) is 11.3 Å². The normalized spacial score (nSPS) is 16.4. The van der Waals surface area contributed by atoms with E-state index in [0.29, 0.717) is 32.2 Å². The number of piperazine rings is 1. The molecule has 1 aromatic carbocycles. The predicted octanol–water partition coefficient (Wildman–Crippen LogP) is 1.64. The van der Waals surface area contributed by atoms with Gasteiger partial charge in [-0.05, 0) is 13.1 Å². The van der Waals surface area contributed by atoms with Gasteiger partial charge in [0.2, 0.25) is 0 Å². The zero-order chi connectivity index (χ0) is 14.9. The van der Waals surface area contributed by atoms with E-state index in [1.54, 1.807) is 0 Å². The first-order valence-corrected chi connectivity index (χ1v) is 6.15. The third kappa shape index (κ3) is 2.58. The Kier molecular flexibility index (Phi) is 4.17. The summed E-state index contributed by atoms with van der Waals surface area (Å²) >= 11 is 0. The molecule has 7 heteroatoms. The largest absolute Gasteiger partial charge is 0.465 e. The van der Waals surface area contributed by atoms with E-state index in [9.17, 15) is 18.0 Å². The van der Waals surface area contributed by atoms with Gasteiger partial charge in [0, 0.05) is 26.2 Å². The molecule has 0 N–H and O–H groups in total. The van der Waals surface area contributed by atoms with Crippen molar-refractivity contribution in [2.75, 3.05) is 45.2 Å². The molecule has 0 bridgehead atoms. The minimum Gasteiger partial charge on any atom is -0.465 e. The maximum atomic E-state index is 14.0. The molecule has 1 aliphatic rings. The molecule has 1 aromatic rings. The van der Waals surface area contributed by atoms with E-state index in [0.717, 1.165) is 7.11 Å². The summed E-state index contributed by atoms with van der Waals surface area (Å²) in [7, 11) is 2.91. The van der Waals surface area contributed by atoms with E-state index >= 15 is 0 Å². The van der Waals surface area contributed by atoms with Gasteiger partial charge in [0.25, 0.3) is 0 Å². The molecular formula is C13H15F3N2O2. The van der Waals surface area contributed by atoms with Gasteiger partial charge in [-0.1, -0.05) is 0 Å². The number of benzene rings is 1. The van der Waals surface area contributed by atoms with Crippen molar-refractivity contribution in [2.45, 2.75) is 0 Å². The summed E-state index contributed by atoms with van der Waals surface area (Å²) < 4.78 is 46.1. The van der Waals surface area contributed by atoms with Crippen LogP contribution in [0, 0.1) is 17.5 Å². The molecule has 2 rings (SSSR count). The maximum Gasteiger partial charge on any atom is 0.341 e. The van der Waals surface area contributed by atoms with Crippen LogP contribution in [0.4, 0.5) is 18.9 Å². The van der Waals surface area contributed by atoms with Crippen LogP contribution in [0.5, 0.6) is 0 Å². The Morgan fingerprint density at radius 3 is 2.30 bits per heavy atom. The van der Waals surface area contributed by atoms with Crippen molar-refractivity contribution < 1.29 is 22.7 Å². The molecule has 0 aromatic heterocycles. The number of rotatable bonds is 2. The van der Waals surface area contributed by atoms with E-state index in [1.807, 2.05) is 11.9 Å². The van der Waals surface area contributed by atoms with Crippen LogP contribution in [0.2, 0.25) is 0 Å². The Balaban J connectivity index is 2.40. The fraction of sp³-hybridized carbons (Fsp3) is 0.462. The first-order valence-electron chi connectivity index (χ1n) is 6.15. The number of carbonyl (C=O) groups is 1. The number of likely N-dealkylation sites (N-methyl/N-ethyl adjacent to an activating group) is 1. The number of halogens is 3. The molecule has 1 fully saturated rings. The van der Waals surface area contributed by atoms with Gasteiger partial charge < -0.3 is 14.5 Å². The average Bonchev–Trinajstić information content (AvgIpc) is 2.44. The van der Waals surface area contributed by atoms with Gasteiger partial charge in [0.15, 0.2) is 17.5 Å². The highest BCUT2D eigenvalue weighted by Crippen LogP contribution is 2.29. The standard InChI is InChI=1S/C13H15F3N2O2/c1-17-3-5-18(6-4-17)12-9(14)7-8(13(19)20-2)10(15)11(12)16/h7H,3-6H2,1-2H3. The molecule has 0 aliphatic carbocycles. The predicted molar refractivity (Wildman–Crippen MR) is 67.4 cm³/mol. The topological polar surface area (TPSA) is 32.8 Å². The number of ether oxygens (including phenoxy) is 1. The van der Waals surface area contributed by atoms with Crippen LogP contribution >= 0.6 is 0 Å². The van der Waals surface area contributed by atoms with Crippen molar-refractivity contribution in [3.63, 3.8) is 0 Å². The molecule has 0 atom stereocenters. The number of esters is 1. The summed E-state index contributed by atoms with van der Waals surface area (Å²) in [6.07, 6.45) is 0. The SMILES string of the molecule is COC(=O)c1cc(F)c(N2CCN(C)CC2)c(F)c1F. The number of methoxy groups -OCH3 is 1.